The van der Waals surface area contributed by atoms with Crippen LogP contribution in [0, 0.1) is 0 Å². The maximum atomic E-state index is 12.5. The van der Waals surface area contributed by atoms with Crippen molar-refractivity contribution in [1.29, 1.82) is 0 Å². The maximum Gasteiger partial charge on any atom is 0.444 e. The largest absolute Gasteiger partial charge is 0.478 e. The Morgan fingerprint density at radius 3 is 2.08 bits per heavy atom. The summed E-state index contributed by atoms with van der Waals surface area (Å²) in [6.07, 6.45) is 2.63. The number of pyridine rings is 1. The SMILES string of the molecule is Nc1c(N=Nc2cc(Nc3nc(Cl)nc(-[n+]4cccc(C(=O)O)c4)n3)ccc2S(=O)(=O)O)cc(S(=O)(=O)O)c(N)c1N=Nc1ccc(S(=O)(=O)CCOS(=O)(=O)O)cc1. The third-order valence-corrected chi connectivity index (χ3v) is 11.4. The number of halogens is 1. The minimum Gasteiger partial charge on any atom is -0.478 e. The monoisotopic (exact) mass is 914 g/mol. The summed E-state index contributed by atoms with van der Waals surface area (Å²) in [4.78, 5) is 21.4. The van der Waals surface area contributed by atoms with Gasteiger partial charge >= 0.3 is 33.5 Å². The van der Waals surface area contributed by atoms with Crippen molar-refractivity contribution in [2.45, 2.75) is 14.7 Å². The van der Waals surface area contributed by atoms with Crippen molar-refractivity contribution in [3.63, 3.8) is 0 Å². The van der Waals surface area contributed by atoms with Crippen LogP contribution in [-0.4, -0.2) is 85.7 Å². The first-order valence-electron chi connectivity index (χ1n) is 15.4. The number of azo groups is 2. The molecule has 0 saturated heterocycles. The van der Waals surface area contributed by atoms with Gasteiger partial charge in [-0.2, -0.15) is 35.4 Å². The third kappa shape index (κ3) is 11.3. The number of carboxylic acid groups (broad SMARTS) is 1. The van der Waals surface area contributed by atoms with E-state index in [0.29, 0.717) is 6.07 Å². The molecule has 0 spiro atoms. The van der Waals surface area contributed by atoms with Crippen LogP contribution in [0.5, 0.6) is 0 Å². The van der Waals surface area contributed by atoms with E-state index in [9.17, 15) is 52.7 Å². The highest BCUT2D eigenvalue weighted by atomic mass is 35.5. The van der Waals surface area contributed by atoms with Gasteiger partial charge in [-0.3, -0.25) is 13.7 Å². The average Bonchev–Trinajstić information content (AvgIpc) is 3.13. The fourth-order valence-corrected chi connectivity index (χ4v) is 7.51. The van der Waals surface area contributed by atoms with Crippen molar-refractivity contribution < 1.29 is 66.0 Å². The smallest absolute Gasteiger partial charge is 0.444 e. The Balaban J connectivity index is 1.49. The standard InChI is InChI=1S/C29H24ClN11O14S4/c30-27-34-28(36-29(35-27)41-9-1-2-15(14-41)26(42)43)33-17-5-8-21(57(46,47)48)19(12-17)38-39-20-13-22(58(49,50)51)24(32)25(23(20)31)40-37-16-3-6-18(7-4-16)56(44,45)11-10-55-59(52,53)54/h1-9,12-14H,10-11H2,(H8-,31,32,33,34,35,36,37,38,42,43,46,47,48,49,50,51,52,53,54)/p+1. The molecule has 5 rings (SSSR count). The molecule has 0 aliphatic heterocycles. The van der Waals surface area contributed by atoms with Crippen molar-refractivity contribution in [2.75, 3.05) is 29.1 Å². The summed E-state index contributed by atoms with van der Waals surface area (Å²) in [7, 11) is -19.1. The molecule has 310 valence electrons. The summed E-state index contributed by atoms with van der Waals surface area (Å²) in [5.41, 5.74) is 9.00. The predicted octanol–water partition coefficient (Wildman–Crippen LogP) is 3.33. The summed E-state index contributed by atoms with van der Waals surface area (Å²) in [6, 6.07) is 10.9. The second kappa shape index (κ2) is 17.0. The molecule has 25 nitrogen and oxygen atoms in total. The molecule has 0 atom stereocenters. The lowest BCUT2D eigenvalue weighted by molar-refractivity contribution is -0.603. The molecule has 2 heterocycles. The lowest BCUT2D eigenvalue weighted by Crippen LogP contribution is -2.34. The summed E-state index contributed by atoms with van der Waals surface area (Å²) in [6.45, 7) is -0.880. The summed E-state index contributed by atoms with van der Waals surface area (Å²) >= 11 is 6.07. The van der Waals surface area contributed by atoms with E-state index in [1.54, 1.807) is 0 Å². The number of anilines is 4. The van der Waals surface area contributed by atoms with Crippen LogP contribution in [0.4, 0.5) is 45.8 Å². The summed E-state index contributed by atoms with van der Waals surface area (Å²) in [5.74, 6) is -2.42. The zero-order chi connectivity index (χ0) is 43.5. The number of nitrogens with two attached hydrogens (primary N) is 2. The number of hydrogen-bond donors (Lipinski definition) is 7. The number of carboxylic acids is 1. The van der Waals surface area contributed by atoms with E-state index < -0.39 is 97.0 Å². The highest BCUT2D eigenvalue weighted by Gasteiger charge is 2.24. The lowest BCUT2D eigenvalue weighted by atomic mass is 10.2. The third-order valence-electron chi connectivity index (χ3n) is 7.28. The van der Waals surface area contributed by atoms with Crippen LogP contribution in [0.15, 0.2) is 108 Å². The van der Waals surface area contributed by atoms with Crippen molar-refractivity contribution >= 4 is 104 Å². The number of rotatable bonds is 15. The van der Waals surface area contributed by atoms with Gasteiger partial charge in [-0.05, 0) is 82.2 Å². The number of benzene rings is 3. The maximum absolute atomic E-state index is 12.5. The van der Waals surface area contributed by atoms with Crippen LogP contribution in [0.3, 0.4) is 0 Å². The fraction of sp³-hybridized carbons (Fsp3) is 0.0690. The van der Waals surface area contributed by atoms with Gasteiger partial charge in [0.15, 0.2) is 9.84 Å². The number of carbonyl (C=O) groups is 1. The molecule has 0 unspecified atom stereocenters. The van der Waals surface area contributed by atoms with Gasteiger partial charge in [0.25, 0.3) is 20.2 Å². The second-order valence-electron chi connectivity index (χ2n) is 11.3. The number of nitrogens with one attached hydrogen (secondary N) is 1. The normalized spacial score (nSPS) is 12.6. The van der Waals surface area contributed by atoms with E-state index in [1.807, 2.05) is 0 Å². The Morgan fingerprint density at radius 2 is 1.46 bits per heavy atom. The molecule has 0 aliphatic carbocycles. The van der Waals surface area contributed by atoms with Gasteiger partial charge in [-0.15, -0.1) is 15.3 Å². The Kier molecular flexibility index (Phi) is 12.6. The number of aromatic nitrogens is 4. The first kappa shape index (κ1) is 43.9. The minimum atomic E-state index is -5.13. The van der Waals surface area contributed by atoms with Crippen LogP contribution in [0.25, 0.3) is 5.95 Å². The minimum absolute atomic E-state index is 0.00695. The second-order valence-corrected chi connectivity index (χ2v) is 17.6. The van der Waals surface area contributed by atoms with Gasteiger partial charge < -0.3 is 21.9 Å². The summed E-state index contributed by atoms with van der Waals surface area (Å²) in [5, 5.41) is 27.0. The van der Waals surface area contributed by atoms with Crippen LogP contribution in [0.1, 0.15) is 10.4 Å². The van der Waals surface area contributed by atoms with Crippen molar-refractivity contribution in [2.24, 2.45) is 20.5 Å². The molecular formula is C29H25ClN11O14S4+. The zero-order valence-electron chi connectivity index (χ0n) is 29.0. The highest BCUT2D eigenvalue weighted by Crippen LogP contribution is 2.43. The molecule has 0 bridgehead atoms. The van der Waals surface area contributed by atoms with E-state index in [-0.39, 0.29) is 39.0 Å². The van der Waals surface area contributed by atoms with Gasteiger partial charge in [0.05, 0.1) is 52.3 Å². The zero-order valence-corrected chi connectivity index (χ0v) is 33.0. The number of aromatic carboxylic acids is 1. The molecule has 59 heavy (non-hydrogen) atoms. The van der Waals surface area contributed by atoms with E-state index in [1.165, 1.54) is 29.1 Å². The molecule has 2 aromatic heterocycles. The van der Waals surface area contributed by atoms with Gasteiger partial charge in [0.1, 0.15) is 26.9 Å². The van der Waals surface area contributed by atoms with Gasteiger partial charge in [0, 0.05) is 5.69 Å². The molecule has 0 aliphatic rings. The molecule has 0 amide bonds. The van der Waals surface area contributed by atoms with Crippen molar-refractivity contribution in [3.8, 4) is 5.95 Å². The molecule has 0 saturated carbocycles. The van der Waals surface area contributed by atoms with Crippen LogP contribution < -0.4 is 21.4 Å². The lowest BCUT2D eigenvalue weighted by Gasteiger charge is -2.11. The average molecular weight is 915 g/mol. The quantitative estimate of drug-likeness (QED) is 0.0343. The van der Waals surface area contributed by atoms with E-state index in [2.05, 4.69) is 44.9 Å². The molecule has 0 fully saturated rings. The number of hydrogen-bond acceptors (Lipinski definition) is 20. The Labute approximate surface area is 337 Å². The number of nitrogen functional groups attached to an aromatic ring is 2. The Morgan fingerprint density at radius 1 is 0.797 bits per heavy atom. The predicted molar refractivity (Wildman–Crippen MR) is 202 cm³/mol. The Hall–Kier alpha value is -6.18. The van der Waals surface area contributed by atoms with Crippen LogP contribution >= 0.6 is 11.6 Å². The van der Waals surface area contributed by atoms with Crippen LogP contribution in [0.2, 0.25) is 5.28 Å². The van der Waals surface area contributed by atoms with Crippen molar-refractivity contribution in [3.05, 3.63) is 83.9 Å². The highest BCUT2D eigenvalue weighted by molar-refractivity contribution is 7.91. The first-order chi connectivity index (χ1) is 27.4. The number of sulfone groups is 1. The van der Waals surface area contributed by atoms with E-state index in [0.717, 1.165) is 42.5 Å². The molecule has 3 aromatic carbocycles. The summed E-state index contributed by atoms with van der Waals surface area (Å²) < 4.78 is 129. The topological polar surface area (TPSA) is 400 Å². The van der Waals surface area contributed by atoms with Gasteiger partial charge in [0.2, 0.25) is 0 Å². The van der Waals surface area contributed by atoms with Crippen molar-refractivity contribution in [1.82, 2.24) is 15.0 Å². The Bertz CT molecular complexity index is 3010. The molecule has 0 radical (unpaired) electrons. The first-order valence-corrected chi connectivity index (χ1v) is 21.7. The van der Waals surface area contributed by atoms with Gasteiger partial charge in [-0.1, -0.05) is 0 Å². The number of nitrogens with zero attached hydrogens (tertiary/aromatic N) is 8. The molecular weight excluding hydrogens is 890 g/mol. The molecule has 30 heteroatoms. The van der Waals surface area contributed by atoms with Crippen LogP contribution in [-0.2, 0) is 44.7 Å². The van der Waals surface area contributed by atoms with E-state index in [4.69, 9.17) is 27.6 Å². The molecule has 5 aromatic rings. The fourth-order valence-electron chi connectivity index (χ4n) is 4.63. The molecule has 9 N–H and O–H groups in total. The van der Waals surface area contributed by atoms with Gasteiger partial charge in [-0.25, -0.2) is 22.0 Å². The van der Waals surface area contributed by atoms with E-state index >= 15 is 0 Å².